The first-order valence-corrected chi connectivity index (χ1v) is 9.97. The van der Waals surface area contributed by atoms with E-state index in [1.807, 2.05) is 0 Å². The Morgan fingerprint density at radius 3 is 1.46 bits per heavy atom. The smallest absolute Gasteiger partial charge is 0.0158 e. The summed E-state index contributed by atoms with van der Waals surface area (Å²) in [6.45, 7) is 6.89. The third kappa shape index (κ3) is 2.45. The van der Waals surface area contributed by atoms with Crippen LogP contribution in [0, 0.1) is 6.92 Å². The third-order valence-electron chi connectivity index (χ3n) is 6.17. The zero-order valence-corrected chi connectivity index (χ0v) is 16.7. The van der Waals surface area contributed by atoms with Crippen LogP contribution in [0.15, 0.2) is 91.0 Å². The van der Waals surface area contributed by atoms with Gasteiger partial charge in [0.05, 0.1) is 0 Å². The molecule has 136 valence electrons. The molecule has 0 aliphatic heterocycles. The molecule has 0 radical (unpaired) electrons. The SMILES string of the molecule is Cc1ccc2c(c1)-c1ccccc1-c1ccccc1C(C)(C)c1ccccc1-2. The van der Waals surface area contributed by atoms with Crippen molar-refractivity contribution < 1.29 is 0 Å². The summed E-state index contributed by atoms with van der Waals surface area (Å²) in [6, 6.07) is 33.5. The Morgan fingerprint density at radius 1 is 0.464 bits per heavy atom. The second kappa shape index (κ2) is 6.21. The van der Waals surface area contributed by atoms with Gasteiger partial charge in [-0.15, -0.1) is 0 Å². The normalized spacial score (nSPS) is 13.8. The molecule has 5 rings (SSSR count). The highest BCUT2D eigenvalue weighted by Crippen LogP contribution is 2.48. The average Bonchev–Trinajstić information content (AvgIpc) is 2.75. The lowest BCUT2D eigenvalue weighted by atomic mass is 9.73. The van der Waals surface area contributed by atoms with Crippen LogP contribution in [-0.4, -0.2) is 0 Å². The molecule has 4 aromatic carbocycles. The van der Waals surface area contributed by atoms with Crippen LogP contribution in [0.3, 0.4) is 0 Å². The molecule has 0 fully saturated rings. The lowest BCUT2D eigenvalue weighted by Gasteiger charge is -2.30. The van der Waals surface area contributed by atoms with E-state index in [1.165, 1.54) is 50.1 Å². The molecule has 28 heavy (non-hydrogen) atoms. The molecule has 0 N–H and O–H groups in total. The van der Waals surface area contributed by atoms with Gasteiger partial charge in [0.1, 0.15) is 0 Å². The zero-order chi connectivity index (χ0) is 19.3. The second-order valence-corrected chi connectivity index (χ2v) is 8.31. The molecule has 4 aromatic rings. The lowest BCUT2D eigenvalue weighted by molar-refractivity contribution is 0.645. The van der Waals surface area contributed by atoms with E-state index in [-0.39, 0.29) is 5.41 Å². The number of benzene rings is 4. The van der Waals surface area contributed by atoms with Crippen molar-refractivity contribution >= 4 is 0 Å². The maximum atomic E-state index is 2.35. The van der Waals surface area contributed by atoms with Crippen LogP contribution in [0.25, 0.3) is 33.4 Å². The monoisotopic (exact) mass is 360 g/mol. The van der Waals surface area contributed by atoms with E-state index in [2.05, 4.69) is 112 Å². The third-order valence-corrected chi connectivity index (χ3v) is 6.17. The van der Waals surface area contributed by atoms with E-state index in [9.17, 15) is 0 Å². The summed E-state index contributed by atoms with van der Waals surface area (Å²) < 4.78 is 0. The summed E-state index contributed by atoms with van der Waals surface area (Å²) in [5.41, 5.74) is 11.8. The fourth-order valence-electron chi connectivity index (χ4n) is 4.74. The first-order chi connectivity index (χ1) is 13.6. The van der Waals surface area contributed by atoms with Gasteiger partial charge < -0.3 is 0 Å². The van der Waals surface area contributed by atoms with Crippen molar-refractivity contribution in [3.8, 4) is 33.4 Å². The van der Waals surface area contributed by atoms with Crippen LogP contribution in [0.5, 0.6) is 0 Å². The highest BCUT2D eigenvalue weighted by Gasteiger charge is 2.31. The molecular weight excluding hydrogens is 336 g/mol. The second-order valence-electron chi connectivity index (χ2n) is 8.31. The Morgan fingerprint density at radius 2 is 0.893 bits per heavy atom. The summed E-state index contributed by atoms with van der Waals surface area (Å²) in [7, 11) is 0. The highest BCUT2D eigenvalue weighted by atomic mass is 14.3. The Kier molecular flexibility index (Phi) is 3.77. The first kappa shape index (κ1) is 17.0. The summed E-state index contributed by atoms with van der Waals surface area (Å²) in [4.78, 5) is 0. The quantitative estimate of drug-likeness (QED) is 0.302. The van der Waals surface area contributed by atoms with Gasteiger partial charge in [0.2, 0.25) is 0 Å². The standard InChI is InChI=1S/C28H24/c1-19-16-17-22-24-13-7-9-15-27(24)28(2,3)26-14-8-6-12-23(26)20-10-4-5-11-21(20)25(22)18-19/h4-18H,1-3H3. The van der Waals surface area contributed by atoms with Crippen LogP contribution < -0.4 is 0 Å². The molecule has 0 aromatic heterocycles. The van der Waals surface area contributed by atoms with Gasteiger partial charge in [0, 0.05) is 5.41 Å². The van der Waals surface area contributed by atoms with Gasteiger partial charge >= 0.3 is 0 Å². The fraction of sp³-hybridized carbons (Fsp3) is 0.143. The Bertz CT molecular complexity index is 1190. The van der Waals surface area contributed by atoms with Crippen molar-refractivity contribution in [2.45, 2.75) is 26.2 Å². The van der Waals surface area contributed by atoms with Crippen LogP contribution in [-0.2, 0) is 5.41 Å². The first-order valence-electron chi connectivity index (χ1n) is 9.97. The van der Waals surface area contributed by atoms with Gasteiger partial charge in [-0.2, -0.15) is 0 Å². The van der Waals surface area contributed by atoms with Crippen LogP contribution in [0.2, 0.25) is 0 Å². The van der Waals surface area contributed by atoms with Crippen molar-refractivity contribution in [1.82, 2.24) is 0 Å². The number of hydrogen-bond acceptors (Lipinski definition) is 0. The largest absolute Gasteiger partial charge is 0.0619 e. The molecule has 0 bridgehead atoms. The molecule has 0 heteroatoms. The molecule has 1 aliphatic rings. The molecule has 0 spiro atoms. The van der Waals surface area contributed by atoms with Crippen molar-refractivity contribution in [2.24, 2.45) is 0 Å². The predicted octanol–water partition coefficient (Wildman–Crippen LogP) is 7.64. The van der Waals surface area contributed by atoms with Gasteiger partial charge in [-0.1, -0.05) is 110 Å². The minimum Gasteiger partial charge on any atom is -0.0619 e. The Hall–Kier alpha value is -3.12. The average molecular weight is 361 g/mol. The molecule has 0 heterocycles. The van der Waals surface area contributed by atoms with Gasteiger partial charge in [0.25, 0.3) is 0 Å². The summed E-state index contributed by atoms with van der Waals surface area (Å²) >= 11 is 0. The van der Waals surface area contributed by atoms with Gasteiger partial charge in [-0.05, 0) is 51.4 Å². The summed E-state index contributed by atoms with van der Waals surface area (Å²) in [5, 5.41) is 0. The molecule has 0 saturated heterocycles. The van der Waals surface area contributed by atoms with E-state index in [0.717, 1.165) is 0 Å². The zero-order valence-electron chi connectivity index (χ0n) is 16.7. The lowest BCUT2D eigenvalue weighted by Crippen LogP contribution is -2.20. The van der Waals surface area contributed by atoms with Crippen LogP contribution >= 0.6 is 0 Å². The molecule has 1 aliphatic carbocycles. The van der Waals surface area contributed by atoms with E-state index >= 15 is 0 Å². The van der Waals surface area contributed by atoms with Gasteiger partial charge in [0.15, 0.2) is 0 Å². The minimum atomic E-state index is -0.104. The molecular formula is C28H24. The van der Waals surface area contributed by atoms with Crippen molar-refractivity contribution in [3.63, 3.8) is 0 Å². The number of rotatable bonds is 0. The van der Waals surface area contributed by atoms with Crippen LogP contribution in [0.4, 0.5) is 0 Å². The topological polar surface area (TPSA) is 0 Å². The fourth-order valence-corrected chi connectivity index (χ4v) is 4.74. The maximum Gasteiger partial charge on any atom is 0.0158 e. The number of hydrogen-bond donors (Lipinski definition) is 0. The Balaban J connectivity index is 2.02. The molecule has 0 amide bonds. The van der Waals surface area contributed by atoms with Crippen molar-refractivity contribution in [1.29, 1.82) is 0 Å². The van der Waals surface area contributed by atoms with Crippen molar-refractivity contribution in [2.75, 3.05) is 0 Å². The summed E-state index contributed by atoms with van der Waals surface area (Å²) in [6.07, 6.45) is 0. The van der Waals surface area contributed by atoms with E-state index in [0.29, 0.717) is 0 Å². The van der Waals surface area contributed by atoms with E-state index in [1.54, 1.807) is 0 Å². The predicted molar refractivity (Wildman–Crippen MR) is 120 cm³/mol. The maximum absolute atomic E-state index is 2.35. The molecule has 0 atom stereocenters. The van der Waals surface area contributed by atoms with Crippen molar-refractivity contribution in [3.05, 3.63) is 108 Å². The highest BCUT2D eigenvalue weighted by molar-refractivity contribution is 5.95. The molecule has 0 saturated carbocycles. The van der Waals surface area contributed by atoms with E-state index in [4.69, 9.17) is 0 Å². The molecule has 0 unspecified atom stereocenters. The van der Waals surface area contributed by atoms with E-state index < -0.39 is 0 Å². The Labute approximate surface area is 167 Å². The number of aryl methyl sites for hydroxylation is 1. The van der Waals surface area contributed by atoms with Gasteiger partial charge in [-0.25, -0.2) is 0 Å². The van der Waals surface area contributed by atoms with Crippen LogP contribution in [0.1, 0.15) is 30.5 Å². The summed E-state index contributed by atoms with van der Waals surface area (Å²) in [5.74, 6) is 0. The molecule has 0 nitrogen and oxygen atoms in total. The van der Waals surface area contributed by atoms with Gasteiger partial charge in [-0.3, -0.25) is 0 Å². The minimum absolute atomic E-state index is 0.104. The number of fused-ring (bicyclic) bond motifs is 7.